The second-order valence-electron chi connectivity index (χ2n) is 4.02. The van der Waals surface area contributed by atoms with E-state index in [9.17, 15) is 4.79 Å². The zero-order valence-electron chi connectivity index (χ0n) is 9.44. The molecule has 2 atom stereocenters. The first-order valence-corrected chi connectivity index (χ1v) is 7.75. The molecule has 0 bridgehead atoms. The largest absolute Gasteiger partial charge is 0.348 e. The summed E-state index contributed by atoms with van der Waals surface area (Å²) in [5.74, 6) is 1.23. The highest BCUT2D eigenvalue weighted by Gasteiger charge is 2.28. The average Bonchev–Trinajstić information content (AvgIpc) is 2.90. The summed E-state index contributed by atoms with van der Waals surface area (Å²) < 4.78 is 0. The predicted molar refractivity (Wildman–Crippen MR) is 71.3 cm³/mol. The molecule has 1 aromatic rings. The van der Waals surface area contributed by atoms with Crippen LogP contribution in [0, 0.1) is 0 Å². The van der Waals surface area contributed by atoms with E-state index >= 15 is 0 Å². The van der Waals surface area contributed by atoms with Gasteiger partial charge in [0.25, 0.3) is 5.91 Å². The molecule has 1 aliphatic carbocycles. The Morgan fingerprint density at radius 1 is 1.62 bits per heavy atom. The van der Waals surface area contributed by atoms with Gasteiger partial charge in [0.15, 0.2) is 0 Å². The van der Waals surface area contributed by atoms with Gasteiger partial charge < -0.3 is 5.32 Å². The van der Waals surface area contributed by atoms with Gasteiger partial charge in [-0.25, -0.2) is 0 Å². The van der Waals surface area contributed by atoms with Gasteiger partial charge in [0.1, 0.15) is 0 Å². The topological polar surface area (TPSA) is 29.1 Å². The van der Waals surface area contributed by atoms with E-state index in [1.165, 1.54) is 12.8 Å². The third-order valence-electron chi connectivity index (χ3n) is 2.93. The van der Waals surface area contributed by atoms with Gasteiger partial charge in [-0.2, -0.15) is 23.1 Å². The fraction of sp³-hybridized carbons (Fsp3) is 0.583. The second kappa shape index (κ2) is 5.73. The molecule has 1 heterocycles. The van der Waals surface area contributed by atoms with Crippen molar-refractivity contribution in [3.8, 4) is 0 Å². The van der Waals surface area contributed by atoms with Crippen LogP contribution < -0.4 is 5.32 Å². The quantitative estimate of drug-likeness (QED) is 0.895. The van der Waals surface area contributed by atoms with E-state index < -0.39 is 0 Å². The molecule has 1 N–H and O–H groups in total. The molecular formula is C12H17NOS2. The molecule has 0 aliphatic heterocycles. The molecule has 0 saturated heterocycles. The molecule has 0 spiro atoms. The molecule has 88 valence electrons. The Labute approximate surface area is 105 Å². The van der Waals surface area contributed by atoms with E-state index in [-0.39, 0.29) is 5.91 Å². The van der Waals surface area contributed by atoms with E-state index in [0.29, 0.717) is 11.3 Å². The van der Waals surface area contributed by atoms with Crippen LogP contribution in [-0.4, -0.2) is 23.0 Å². The summed E-state index contributed by atoms with van der Waals surface area (Å²) in [5.41, 5.74) is 0.803. The van der Waals surface area contributed by atoms with Crippen LogP contribution in [0.15, 0.2) is 16.8 Å². The number of nitrogens with one attached hydrogen (secondary N) is 1. The first-order chi connectivity index (χ1) is 7.81. The minimum Gasteiger partial charge on any atom is -0.348 e. The molecule has 0 aromatic carbocycles. The van der Waals surface area contributed by atoms with Crippen LogP contribution in [0.25, 0.3) is 0 Å². The molecule has 1 saturated carbocycles. The van der Waals surface area contributed by atoms with Gasteiger partial charge in [-0.3, -0.25) is 4.79 Å². The second-order valence-corrected chi connectivity index (χ2v) is 6.31. The molecule has 2 rings (SSSR count). The molecule has 4 heteroatoms. The van der Waals surface area contributed by atoms with Crippen molar-refractivity contribution in [1.82, 2.24) is 5.32 Å². The van der Waals surface area contributed by atoms with E-state index in [1.54, 1.807) is 11.3 Å². The third-order valence-corrected chi connectivity index (χ3v) is 4.94. The number of carbonyl (C=O) groups excluding carboxylic acids is 1. The smallest absolute Gasteiger partial charge is 0.252 e. The van der Waals surface area contributed by atoms with Crippen molar-refractivity contribution < 1.29 is 4.79 Å². The highest BCUT2D eigenvalue weighted by molar-refractivity contribution is 7.99. The monoisotopic (exact) mass is 255 g/mol. The lowest BCUT2D eigenvalue weighted by Gasteiger charge is -2.19. The molecule has 16 heavy (non-hydrogen) atoms. The highest BCUT2D eigenvalue weighted by Crippen LogP contribution is 2.30. The lowest BCUT2D eigenvalue weighted by Crippen LogP contribution is -2.38. The van der Waals surface area contributed by atoms with Crippen LogP contribution in [-0.2, 0) is 0 Å². The predicted octanol–water partition coefficient (Wildman–Crippen LogP) is 3.15. The Morgan fingerprint density at radius 3 is 3.19 bits per heavy atom. The van der Waals surface area contributed by atoms with Gasteiger partial charge in [-0.1, -0.05) is 13.3 Å². The van der Waals surface area contributed by atoms with E-state index in [0.717, 1.165) is 17.7 Å². The van der Waals surface area contributed by atoms with Crippen LogP contribution in [0.2, 0.25) is 0 Å². The van der Waals surface area contributed by atoms with Gasteiger partial charge in [-0.15, -0.1) is 0 Å². The first kappa shape index (κ1) is 12.0. The molecule has 1 aromatic heterocycles. The summed E-state index contributed by atoms with van der Waals surface area (Å²) in [6.07, 6.45) is 3.62. The summed E-state index contributed by atoms with van der Waals surface area (Å²) >= 11 is 3.54. The fourth-order valence-corrected chi connectivity index (χ4v) is 3.98. The summed E-state index contributed by atoms with van der Waals surface area (Å²) in [6, 6.07) is 2.26. The van der Waals surface area contributed by atoms with Crippen LogP contribution in [0.4, 0.5) is 0 Å². The molecule has 0 radical (unpaired) electrons. The van der Waals surface area contributed by atoms with Gasteiger partial charge in [0.05, 0.1) is 0 Å². The van der Waals surface area contributed by atoms with Gasteiger partial charge in [-0.05, 0) is 30.0 Å². The maximum absolute atomic E-state index is 11.9. The van der Waals surface area contributed by atoms with Gasteiger partial charge >= 0.3 is 0 Å². The Morgan fingerprint density at radius 2 is 2.50 bits per heavy atom. The van der Waals surface area contributed by atoms with E-state index in [1.807, 2.05) is 28.6 Å². The zero-order chi connectivity index (χ0) is 11.4. The summed E-state index contributed by atoms with van der Waals surface area (Å²) in [7, 11) is 0. The summed E-state index contributed by atoms with van der Waals surface area (Å²) in [4.78, 5) is 11.9. The highest BCUT2D eigenvalue weighted by atomic mass is 32.2. The van der Waals surface area contributed by atoms with Crippen LogP contribution in [0.5, 0.6) is 0 Å². The van der Waals surface area contributed by atoms with Crippen molar-refractivity contribution >= 4 is 29.0 Å². The number of carbonyl (C=O) groups is 1. The molecule has 2 unspecified atom stereocenters. The zero-order valence-corrected chi connectivity index (χ0v) is 11.1. The summed E-state index contributed by atoms with van der Waals surface area (Å²) in [6.45, 7) is 2.18. The van der Waals surface area contributed by atoms with Crippen LogP contribution in [0.3, 0.4) is 0 Å². The van der Waals surface area contributed by atoms with E-state index in [2.05, 4.69) is 12.2 Å². The van der Waals surface area contributed by atoms with Crippen LogP contribution >= 0.6 is 23.1 Å². The van der Waals surface area contributed by atoms with Gasteiger partial charge in [0.2, 0.25) is 0 Å². The number of thioether (sulfide) groups is 1. The van der Waals surface area contributed by atoms with Crippen molar-refractivity contribution in [2.24, 2.45) is 0 Å². The lowest BCUT2D eigenvalue weighted by atomic mass is 10.2. The van der Waals surface area contributed by atoms with Crippen molar-refractivity contribution in [2.45, 2.75) is 37.5 Å². The van der Waals surface area contributed by atoms with Crippen molar-refractivity contribution in [2.75, 3.05) is 5.75 Å². The van der Waals surface area contributed by atoms with Gasteiger partial charge in [0, 0.05) is 22.2 Å². The maximum atomic E-state index is 11.9. The number of thiophene rings is 1. The molecule has 1 amide bonds. The molecule has 2 nitrogen and oxygen atoms in total. The van der Waals surface area contributed by atoms with Crippen molar-refractivity contribution in [3.63, 3.8) is 0 Å². The Bertz CT molecular complexity index is 337. The van der Waals surface area contributed by atoms with Crippen LogP contribution in [0.1, 0.15) is 36.5 Å². The fourth-order valence-electron chi connectivity index (χ4n) is 2.15. The minimum absolute atomic E-state index is 0.0925. The SMILES string of the molecule is CCSC1CCCC1NC(=O)c1ccsc1. The average molecular weight is 255 g/mol. The standard InChI is InChI=1S/C12H17NOS2/c1-2-16-11-5-3-4-10(11)13-12(14)9-6-7-15-8-9/h6-8,10-11H,2-5H2,1H3,(H,13,14). The third kappa shape index (κ3) is 2.80. The Hall–Kier alpha value is -0.480. The van der Waals surface area contributed by atoms with Crippen molar-refractivity contribution in [3.05, 3.63) is 22.4 Å². The number of hydrogen-bond acceptors (Lipinski definition) is 3. The summed E-state index contributed by atoms with van der Waals surface area (Å²) in [5, 5.41) is 7.64. The Balaban J connectivity index is 1.91. The Kier molecular flexibility index (Phi) is 4.29. The maximum Gasteiger partial charge on any atom is 0.252 e. The lowest BCUT2D eigenvalue weighted by molar-refractivity contribution is 0.0939. The van der Waals surface area contributed by atoms with Crippen molar-refractivity contribution in [1.29, 1.82) is 0 Å². The minimum atomic E-state index is 0.0925. The molecule has 1 fully saturated rings. The number of amides is 1. The molecule has 1 aliphatic rings. The number of hydrogen-bond donors (Lipinski definition) is 1. The number of rotatable bonds is 4. The van der Waals surface area contributed by atoms with E-state index in [4.69, 9.17) is 0 Å². The molecular weight excluding hydrogens is 238 g/mol. The first-order valence-electron chi connectivity index (χ1n) is 5.76. The normalized spacial score (nSPS) is 24.6.